The van der Waals surface area contributed by atoms with Gasteiger partial charge in [0.25, 0.3) is 0 Å². The van der Waals surface area contributed by atoms with Gasteiger partial charge in [-0.25, -0.2) is 0 Å². The van der Waals surface area contributed by atoms with Crippen LogP contribution in [0, 0.1) is 13.8 Å². The van der Waals surface area contributed by atoms with Crippen LogP contribution in [0.5, 0.6) is 5.75 Å². The summed E-state index contributed by atoms with van der Waals surface area (Å²) in [5.74, 6) is -0.598. The molecule has 2 aromatic rings. The Hall–Kier alpha value is -2.82. The lowest BCUT2D eigenvalue weighted by molar-refractivity contribution is -0.136. The van der Waals surface area contributed by atoms with Crippen molar-refractivity contribution in [3.05, 3.63) is 59.2 Å². The zero-order valence-electron chi connectivity index (χ0n) is 14.3. The maximum absolute atomic E-state index is 12.1. The number of hydrogen-bond acceptors (Lipinski definition) is 3. The molecule has 24 heavy (non-hydrogen) atoms. The van der Waals surface area contributed by atoms with Crippen molar-refractivity contribution in [2.45, 2.75) is 26.8 Å². The molecule has 0 bridgehead atoms. The summed E-state index contributed by atoms with van der Waals surface area (Å²) < 4.78 is 5.11. The van der Waals surface area contributed by atoms with Crippen LogP contribution in [0.2, 0.25) is 0 Å². The van der Waals surface area contributed by atoms with E-state index < -0.39 is 11.8 Å². The smallest absolute Gasteiger partial charge is 0.313 e. The number of ether oxygens (including phenoxy) is 1. The van der Waals surface area contributed by atoms with E-state index in [4.69, 9.17) is 4.74 Å². The molecule has 5 heteroatoms. The van der Waals surface area contributed by atoms with Crippen molar-refractivity contribution in [2.24, 2.45) is 0 Å². The molecule has 2 rings (SSSR count). The second-order valence-electron chi connectivity index (χ2n) is 5.69. The first-order chi connectivity index (χ1) is 11.4. The Bertz CT molecular complexity index is 719. The zero-order valence-corrected chi connectivity index (χ0v) is 14.3. The number of rotatable bonds is 4. The first kappa shape index (κ1) is 17.5. The van der Waals surface area contributed by atoms with Gasteiger partial charge in [0.05, 0.1) is 13.2 Å². The maximum Gasteiger partial charge on any atom is 0.313 e. The first-order valence-corrected chi connectivity index (χ1v) is 7.74. The van der Waals surface area contributed by atoms with Gasteiger partial charge in [0.1, 0.15) is 5.75 Å². The fourth-order valence-corrected chi connectivity index (χ4v) is 2.42. The second-order valence-corrected chi connectivity index (χ2v) is 5.69. The molecule has 0 radical (unpaired) electrons. The van der Waals surface area contributed by atoms with Crippen LogP contribution < -0.4 is 15.4 Å². The highest BCUT2D eigenvalue weighted by molar-refractivity contribution is 6.39. The van der Waals surface area contributed by atoms with Gasteiger partial charge in [-0.2, -0.15) is 0 Å². The van der Waals surface area contributed by atoms with Gasteiger partial charge in [-0.1, -0.05) is 30.3 Å². The van der Waals surface area contributed by atoms with Crippen LogP contribution in [0.4, 0.5) is 5.69 Å². The van der Waals surface area contributed by atoms with E-state index in [1.54, 1.807) is 7.11 Å². The molecule has 1 unspecified atom stereocenters. The highest BCUT2D eigenvalue weighted by atomic mass is 16.5. The zero-order chi connectivity index (χ0) is 17.7. The maximum atomic E-state index is 12.1. The number of amides is 2. The summed E-state index contributed by atoms with van der Waals surface area (Å²) in [6.45, 7) is 5.60. The number of benzene rings is 2. The number of carbonyl (C=O) groups is 2. The lowest BCUT2D eigenvalue weighted by Gasteiger charge is -2.15. The Balaban J connectivity index is 2.01. The summed E-state index contributed by atoms with van der Waals surface area (Å²) in [6, 6.07) is 12.7. The minimum Gasteiger partial charge on any atom is -0.497 e. The molecule has 0 saturated heterocycles. The SMILES string of the molecule is COc1ccc(C(C)NC(=O)C(=O)Nc2c(C)cccc2C)cc1. The molecule has 0 aliphatic rings. The Morgan fingerprint density at radius 3 is 2.08 bits per heavy atom. The normalized spacial score (nSPS) is 11.5. The summed E-state index contributed by atoms with van der Waals surface area (Å²) in [4.78, 5) is 24.3. The Morgan fingerprint density at radius 2 is 1.54 bits per heavy atom. The van der Waals surface area contributed by atoms with E-state index in [2.05, 4.69) is 10.6 Å². The van der Waals surface area contributed by atoms with E-state index in [0.717, 1.165) is 22.4 Å². The molecule has 2 amide bonds. The van der Waals surface area contributed by atoms with Crippen LogP contribution in [0.25, 0.3) is 0 Å². The number of para-hydroxylation sites is 1. The molecular weight excluding hydrogens is 304 g/mol. The monoisotopic (exact) mass is 326 g/mol. The standard InChI is InChI=1S/C19H22N2O3/c1-12-6-5-7-13(2)17(12)21-19(23)18(22)20-14(3)15-8-10-16(24-4)11-9-15/h5-11,14H,1-4H3,(H,20,22)(H,21,23). The first-order valence-electron chi connectivity index (χ1n) is 7.74. The van der Waals surface area contributed by atoms with Crippen LogP contribution in [-0.4, -0.2) is 18.9 Å². The number of hydrogen-bond donors (Lipinski definition) is 2. The van der Waals surface area contributed by atoms with Gasteiger partial charge >= 0.3 is 11.8 Å². The molecule has 1 atom stereocenters. The third kappa shape index (κ3) is 4.13. The van der Waals surface area contributed by atoms with E-state index in [1.165, 1.54) is 0 Å². The number of anilines is 1. The Labute approximate surface area is 142 Å². The molecule has 126 valence electrons. The van der Waals surface area contributed by atoms with Gasteiger partial charge in [-0.15, -0.1) is 0 Å². The predicted molar refractivity (Wildman–Crippen MR) is 94.1 cm³/mol. The Kier molecular flexibility index (Phi) is 5.58. The van der Waals surface area contributed by atoms with E-state index >= 15 is 0 Å². The topological polar surface area (TPSA) is 67.4 Å². The molecule has 5 nitrogen and oxygen atoms in total. The van der Waals surface area contributed by atoms with E-state index in [-0.39, 0.29) is 6.04 Å². The summed E-state index contributed by atoms with van der Waals surface area (Å²) in [5.41, 5.74) is 3.40. The van der Waals surface area contributed by atoms with Crippen LogP contribution >= 0.6 is 0 Å². The lowest BCUT2D eigenvalue weighted by Crippen LogP contribution is -2.37. The minimum absolute atomic E-state index is 0.285. The fraction of sp³-hybridized carbons (Fsp3) is 0.263. The number of aryl methyl sites for hydroxylation is 2. The van der Waals surface area contributed by atoms with Gasteiger partial charge in [-0.05, 0) is 49.6 Å². The summed E-state index contributed by atoms with van der Waals surface area (Å²) in [5, 5.41) is 5.38. The minimum atomic E-state index is -0.673. The number of carbonyl (C=O) groups excluding carboxylic acids is 2. The van der Waals surface area contributed by atoms with E-state index in [1.807, 2.05) is 63.2 Å². The largest absolute Gasteiger partial charge is 0.497 e. The molecule has 0 aliphatic carbocycles. The van der Waals surface area contributed by atoms with Gasteiger partial charge in [0.15, 0.2) is 0 Å². The Morgan fingerprint density at radius 1 is 0.958 bits per heavy atom. The lowest BCUT2D eigenvalue weighted by atomic mass is 10.1. The molecule has 0 aliphatic heterocycles. The number of methoxy groups -OCH3 is 1. The van der Waals surface area contributed by atoms with E-state index in [0.29, 0.717) is 5.69 Å². The van der Waals surface area contributed by atoms with Crippen LogP contribution in [0.3, 0.4) is 0 Å². The van der Waals surface area contributed by atoms with Crippen molar-refractivity contribution in [3.8, 4) is 5.75 Å². The third-order valence-corrected chi connectivity index (χ3v) is 3.89. The van der Waals surface area contributed by atoms with Crippen LogP contribution in [-0.2, 0) is 9.59 Å². The fourth-order valence-electron chi connectivity index (χ4n) is 2.42. The highest BCUT2D eigenvalue weighted by Gasteiger charge is 2.18. The van der Waals surface area contributed by atoms with E-state index in [9.17, 15) is 9.59 Å². The molecule has 2 N–H and O–H groups in total. The van der Waals surface area contributed by atoms with Crippen molar-refractivity contribution in [2.75, 3.05) is 12.4 Å². The second kappa shape index (κ2) is 7.64. The molecule has 0 spiro atoms. The van der Waals surface area contributed by atoms with Gasteiger partial charge in [0, 0.05) is 5.69 Å². The molecule has 0 saturated carbocycles. The molecular formula is C19H22N2O3. The van der Waals surface area contributed by atoms with Crippen molar-refractivity contribution < 1.29 is 14.3 Å². The molecule has 2 aromatic carbocycles. The molecule has 0 aromatic heterocycles. The summed E-state index contributed by atoms with van der Waals surface area (Å²) >= 11 is 0. The van der Waals surface area contributed by atoms with Gasteiger partial charge in [0.2, 0.25) is 0 Å². The van der Waals surface area contributed by atoms with Gasteiger partial charge in [-0.3, -0.25) is 9.59 Å². The highest BCUT2D eigenvalue weighted by Crippen LogP contribution is 2.20. The van der Waals surface area contributed by atoms with Crippen LogP contribution in [0.15, 0.2) is 42.5 Å². The quantitative estimate of drug-likeness (QED) is 0.848. The molecule has 0 heterocycles. The van der Waals surface area contributed by atoms with Crippen molar-refractivity contribution >= 4 is 17.5 Å². The molecule has 0 fully saturated rings. The van der Waals surface area contributed by atoms with Crippen molar-refractivity contribution in [1.82, 2.24) is 5.32 Å². The number of nitrogens with one attached hydrogen (secondary N) is 2. The van der Waals surface area contributed by atoms with Gasteiger partial charge < -0.3 is 15.4 Å². The average molecular weight is 326 g/mol. The van der Waals surface area contributed by atoms with Crippen molar-refractivity contribution in [3.63, 3.8) is 0 Å². The predicted octanol–water partition coefficient (Wildman–Crippen LogP) is 3.13. The average Bonchev–Trinajstić information content (AvgIpc) is 2.58. The van der Waals surface area contributed by atoms with Crippen LogP contribution in [0.1, 0.15) is 29.7 Å². The van der Waals surface area contributed by atoms with Crippen molar-refractivity contribution in [1.29, 1.82) is 0 Å². The third-order valence-electron chi connectivity index (χ3n) is 3.89. The summed E-state index contributed by atoms with van der Waals surface area (Å²) in [7, 11) is 1.60. The summed E-state index contributed by atoms with van der Waals surface area (Å²) in [6.07, 6.45) is 0.